The summed E-state index contributed by atoms with van der Waals surface area (Å²) in [7, 11) is 0. The van der Waals surface area contributed by atoms with Crippen molar-refractivity contribution in [2.45, 2.75) is 18.9 Å². The fraction of sp³-hybridized carbons (Fsp3) is 0.125. The van der Waals surface area contributed by atoms with Crippen molar-refractivity contribution in [2.75, 3.05) is 0 Å². The Bertz CT molecular complexity index is 1330. The first kappa shape index (κ1) is 17.4. The maximum absolute atomic E-state index is 11.3. The standard InChI is InChI=1S/C24H19NO4/c26-20-11-12-21(27)25(20)19(10-13-22(28)29)17-8-6-16-5-4-14-2-1-3-15-7-9-18(17)24(16)23(14)15/h1-9,11-12,19,26-27H,10,13H2,(H,28,29). The number of carboxylic acid groups (broad SMARTS) is 1. The van der Waals surface area contributed by atoms with Gasteiger partial charge in [0.2, 0.25) is 0 Å². The van der Waals surface area contributed by atoms with Crippen LogP contribution in [0.2, 0.25) is 0 Å². The van der Waals surface area contributed by atoms with Gasteiger partial charge in [0.25, 0.3) is 0 Å². The molecule has 29 heavy (non-hydrogen) atoms. The first-order chi connectivity index (χ1) is 14.0. The average molecular weight is 385 g/mol. The predicted molar refractivity (Wildman–Crippen MR) is 113 cm³/mol. The molecular formula is C24H19NO4. The van der Waals surface area contributed by atoms with E-state index in [4.69, 9.17) is 0 Å². The highest BCUT2D eigenvalue weighted by molar-refractivity contribution is 6.23. The fourth-order valence-corrected chi connectivity index (χ4v) is 4.48. The highest BCUT2D eigenvalue weighted by Gasteiger charge is 2.23. The summed E-state index contributed by atoms with van der Waals surface area (Å²) in [6.07, 6.45) is 0.165. The molecule has 1 heterocycles. The lowest BCUT2D eigenvalue weighted by Crippen LogP contribution is -2.12. The van der Waals surface area contributed by atoms with E-state index in [1.807, 2.05) is 24.3 Å². The summed E-state index contributed by atoms with van der Waals surface area (Å²) in [6, 6.07) is 20.8. The number of rotatable bonds is 5. The number of aromatic hydroxyl groups is 2. The molecule has 1 unspecified atom stereocenters. The number of hydrogen-bond acceptors (Lipinski definition) is 3. The monoisotopic (exact) mass is 385 g/mol. The van der Waals surface area contributed by atoms with Crippen molar-refractivity contribution < 1.29 is 20.1 Å². The molecule has 0 aliphatic carbocycles. The maximum atomic E-state index is 11.3. The van der Waals surface area contributed by atoms with Gasteiger partial charge in [0.15, 0.2) is 11.8 Å². The van der Waals surface area contributed by atoms with E-state index in [1.165, 1.54) is 22.1 Å². The topological polar surface area (TPSA) is 82.7 Å². The molecule has 1 atom stereocenters. The number of aromatic nitrogens is 1. The lowest BCUT2D eigenvalue weighted by molar-refractivity contribution is -0.137. The van der Waals surface area contributed by atoms with E-state index in [0.29, 0.717) is 0 Å². The van der Waals surface area contributed by atoms with Gasteiger partial charge in [-0.3, -0.25) is 9.36 Å². The molecule has 0 bridgehead atoms. The highest BCUT2D eigenvalue weighted by Crippen LogP contribution is 2.41. The Balaban J connectivity index is 1.82. The summed E-state index contributed by atoms with van der Waals surface area (Å²) >= 11 is 0. The summed E-state index contributed by atoms with van der Waals surface area (Å²) in [4.78, 5) is 11.3. The molecule has 0 amide bonds. The van der Waals surface area contributed by atoms with Crippen LogP contribution in [0.15, 0.2) is 66.7 Å². The minimum Gasteiger partial charge on any atom is -0.494 e. The maximum Gasteiger partial charge on any atom is 0.303 e. The van der Waals surface area contributed by atoms with Gasteiger partial charge in [0.05, 0.1) is 6.04 Å². The van der Waals surface area contributed by atoms with Gasteiger partial charge in [0, 0.05) is 18.6 Å². The minimum atomic E-state index is -0.918. The van der Waals surface area contributed by atoms with Gasteiger partial charge in [-0.1, -0.05) is 54.6 Å². The van der Waals surface area contributed by atoms with Gasteiger partial charge >= 0.3 is 5.97 Å². The van der Waals surface area contributed by atoms with Gasteiger partial charge in [-0.25, -0.2) is 0 Å². The molecule has 5 heteroatoms. The molecule has 0 spiro atoms. The molecule has 1 aromatic heterocycles. The second kappa shape index (κ2) is 6.41. The molecule has 144 valence electrons. The van der Waals surface area contributed by atoms with Crippen molar-refractivity contribution in [1.82, 2.24) is 4.57 Å². The van der Waals surface area contributed by atoms with Gasteiger partial charge in [-0.2, -0.15) is 0 Å². The van der Waals surface area contributed by atoms with E-state index < -0.39 is 12.0 Å². The predicted octanol–water partition coefficient (Wildman–Crippen LogP) is 5.25. The van der Waals surface area contributed by atoms with Crippen LogP contribution >= 0.6 is 0 Å². The molecule has 0 aliphatic heterocycles. The fourth-order valence-electron chi connectivity index (χ4n) is 4.48. The zero-order valence-electron chi connectivity index (χ0n) is 15.5. The van der Waals surface area contributed by atoms with Crippen LogP contribution in [0.5, 0.6) is 11.8 Å². The Kier molecular flexibility index (Phi) is 3.84. The van der Waals surface area contributed by atoms with Crippen molar-refractivity contribution in [3.63, 3.8) is 0 Å². The summed E-state index contributed by atoms with van der Waals surface area (Å²) in [5, 5.41) is 36.6. The zero-order valence-corrected chi connectivity index (χ0v) is 15.5. The molecule has 0 saturated carbocycles. The Morgan fingerprint density at radius 2 is 1.38 bits per heavy atom. The first-order valence-corrected chi connectivity index (χ1v) is 9.52. The van der Waals surface area contributed by atoms with Crippen molar-refractivity contribution in [2.24, 2.45) is 0 Å². The number of aliphatic carboxylic acids is 1. The lowest BCUT2D eigenvalue weighted by atomic mass is 9.89. The average Bonchev–Trinajstić information content (AvgIpc) is 3.05. The Morgan fingerprint density at radius 1 is 0.793 bits per heavy atom. The van der Waals surface area contributed by atoms with E-state index in [1.54, 1.807) is 0 Å². The summed E-state index contributed by atoms with van der Waals surface area (Å²) < 4.78 is 1.40. The SMILES string of the molecule is O=C(O)CCC(c1ccc2ccc3cccc4ccc1c2c34)n1c(O)ccc1O. The Morgan fingerprint density at radius 3 is 2.03 bits per heavy atom. The van der Waals surface area contributed by atoms with Gasteiger partial charge in [0.1, 0.15) is 0 Å². The number of carboxylic acids is 1. The van der Waals surface area contributed by atoms with Crippen LogP contribution in [0.25, 0.3) is 32.3 Å². The Hall–Kier alpha value is -3.73. The van der Waals surface area contributed by atoms with Crippen LogP contribution in [0.1, 0.15) is 24.4 Å². The van der Waals surface area contributed by atoms with Crippen molar-refractivity contribution in [3.8, 4) is 11.8 Å². The van der Waals surface area contributed by atoms with E-state index in [9.17, 15) is 20.1 Å². The zero-order chi connectivity index (χ0) is 20.1. The molecule has 0 aliphatic rings. The van der Waals surface area contributed by atoms with Crippen LogP contribution < -0.4 is 0 Å². The van der Waals surface area contributed by atoms with Crippen LogP contribution in [0.4, 0.5) is 0 Å². The molecule has 5 nitrogen and oxygen atoms in total. The normalized spacial score (nSPS) is 12.8. The number of nitrogens with zero attached hydrogens (tertiary/aromatic N) is 1. The summed E-state index contributed by atoms with van der Waals surface area (Å²) in [5.41, 5.74) is 0.874. The van der Waals surface area contributed by atoms with Crippen LogP contribution in [0.3, 0.4) is 0 Å². The molecule has 4 aromatic carbocycles. The molecule has 5 rings (SSSR count). The highest BCUT2D eigenvalue weighted by atomic mass is 16.4. The molecule has 0 fully saturated rings. The largest absolute Gasteiger partial charge is 0.494 e. The van der Waals surface area contributed by atoms with Gasteiger partial charge in [-0.15, -0.1) is 0 Å². The van der Waals surface area contributed by atoms with Crippen molar-refractivity contribution in [3.05, 3.63) is 72.3 Å². The second-order valence-corrected chi connectivity index (χ2v) is 7.38. The summed E-state index contributed by atoms with van der Waals surface area (Å²) in [5.74, 6) is -1.11. The van der Waals surface area contributed by atoms with E-state index in [-0.39, 0.29) is 24.6 Å². The van der Waals surface area contributed by atoms with Crippen LogP contribution in [0, 0.1) is 0 Å². The van der Waals surface area contributed by atoms with Gasteiger partial charge < -0.3 is 15.3 Å². The molecule has 3 N–H and O–H groups in total. The number of hydrogen-bond donors (Lipinski definition) is 3. The Labute approximate surface area is 166 Å². The third-order valence-corrected chi connectivity index (χ3v) is 5.74. The van der Waals surface area contributed by atoms with E-state index >= 15 is 0 Å². The third-order valence-electron chi connectivity index (χ3n) is 5.74. The van der Waals surface area contributed by atoms with Crippen LogP contribution in [-0.4, -0.2) is 25.9 Å². The molecule has 5 aromatic rings. The summed E-state index contributed by atoms with van der Waals surface area (Å²) in [6.45, 7) is 0. The minimum absolute atomic E-state index is 0.0797. The van der Waals surface area contributed by atoms with Gasteiger partial charge in [-0.05, 0) is 44.3 Å². The number of benzene rings is 4. The van der Waals surface area contributed by atoms with Crippen LogP contribution in [-0.2, 0) is 4.79 Å². The van der Waals surface area contributed by atoms with Crippen molar-refractivity contribution >= 4 is 38.3 Å². The quantitative estimate of drug-likeness (QED) is 0.361. The molecule has 0 radical (unpaired) electrons. The lowest BCUT2D eigenvalue weighted by Gasteiger charge is -2.23. The smallest absolute Gasteiger partial charge is 0.303 e. The third kappa shape index (κ3) is 2.66. The van der Waals surface area contributed by atoms with E-state index in [2.05, 4.69) is 30.3 Å². The van der Waals surface area contributed by atoms with Crippen molar-refractivity contribution in [1.29, 1.82) is 0 Å². The number of carbonyl (C=O) groups is 1. The molecule has 0 saturated heterocycles. The first-order valence-electron chi connectivity index (χ1n) is 9.52. The molecular weight excluding hydrogens is 366 g/mol. The second-order valence-electron chi connectivity index (χ2n) is 7.38. The van der Waals surface area contributed by atoms with E-state index in [0.717, 1.165) is 32.5 Å².